The average molecular weight is 1100 g/mol. The number of carbonyl (C=O) groups is 2. The third-order valence-electron chi connectivity index (χ3n) is 7.97. The van der Waals surface area contributed by atoms with Crippen LogP contribution in [0.5, 0.6) is 5.75 Å². The number of ether oxygens (including phenoxy) is 2. The van der Waals surface area contributed by atoms with Crippen molar-refractivity contribution in [1.82, 2.24) is 30.0 Å². The van der Waals surface area contributed by atoms with Crippen LogP contribution >= 0.6 is 54.0 Å². The van der Waals surface area contributed by atoms with E-state index in [9.17, 15) is 23.8 Å². The van der Waals surface area contributed by atoms with Gasteiger partial charge in [0.25, 0.3) is 0 Å². The number of aliphatic carboxylic acids is 1. The van der Waals surface area contributed by atoms with Crippen LogP contribution in [0.4, 0.5) is 17.6 Å². The summed E-state index contributed by atoms with van der Waals surface area (Å²) < 4.78 is 27.1. The standard InChI is InChI=1S/C15H18Cl2N2O3.C15H22ClNO2.C9H16ClN5.C3H8NO5P.C3H9S/c1-8(2)21-12-7-11(9(16)6-10(12)17)19-14(20)22-13(18-19)15(3,4)5;1-5-13-8-6-7-11(2)15(13)17(14(18)9-16)12(3)10-19-4;1-5-11-7-12-6(10)13-8(14-7)15-9(2,3)4;5-3(6)1-4-2-10(7,8)9;1-4(2)3/h6-8H,1-5H3;6-8,12H,5,9-10H2,1-4H3;5H2,1-4H3,(H2,11,12,13,14,15);4H,1-2H2,(H,5,6)(H2,7,8,9);1-3H3/q;;;;+1/p-1. The average Bonchev–Trinajstić information content (AvgIpc) is 3.60. The Kier molecular flexibility index (Phi) is 30.0. The minimum atomic E-state index is -4.35. The fraction of sp³-hybridized carbons (Fsp3) is 0.578. The Morgan fingerprint density at radius 3 is 2.04 bits per heavy atom. The molecule has 70 heavy (non-hydrogen) atoms. The zero-order valence-corrected chi connectivity index (χ0v) is 47.7. The largest absolute Gasteiger partial charge is 0.778 e. The monoisotopic (exact) mass is 1100 g/mol. The van der Waals surface area contributed by atoms with Crippen molar-refractivity contribution >= 4 is 94.4 Å². The Balaban J connectivity index is 0.000000911. The van der Waals surface area contributed by atoms with Gasteiger partial charge in [-0.15, -0.1) is 16.7 Å². The Morgan fingerprint density at radius 2 is 1.59 bits per heavy atom. The summed E-state index contributed by atoms with van der Waals surface area (Å²) in [5, 5.41) is 21.2. The molecule has 0 saturated carbocycles. The van der Waals surface area contributed by atoms with Crippen LogP contribution in [0.1, 0.15) is 93.2 Å². The highest BCUT2D eigenvalue weighted by Crippen LogP contribution is 2.34. The molecule has 0 spiro atoms. The molecule has 0 aliphatic heterocycles. The number of nitrogens with one attached hydrogen (secondary N) is 3. The van der Waals surface area contributed by atoms with Crippen LogP contribution in [0, 0.1) is 6.92 Å². The van der Waals surface area contributed by atoms with Crippen LogP contribution in [0.25, 0.3) is 5.69 Å². The van der Waals surface area contributed by atoms with Crippen molar-refractivity contribution in [3.63, 3.8) is 0 Å². The number of nitrogens with zero attached hydrogens (tertiary/aromatic N) is 6. The molecule has 2 aromatic carbocycles. The van der Waals surface area contributed by atoms with Gasteiger partial charge in [0.05, 0.1) is 71.8 Å². The van der Waals surface area contributed by atoms with Crippen molar-refractivity contribution in [2.45, 2.75) is 113 Å². The van der Waals surface area contributed by atoms with Crippen LogP contribution in [0.2, 0.25) is 15.3 Å². The number of hydrogen-bond acceptors (Lipinski definition) is 15. The van der Waals surface area contributed by atoms with Gasteiger partial charge in [0, 0.05) is 30.7 Å². The van der Waals surface area contributed by atoms with E-state index in [4.69, 9.17) is 70.3 Å². The van der Waals surface area contributed by atoms with Crippen molar-refractivity contribution in [3.05, 3.63) is 73.2 Å². The predicted molar refractivity (Wildman–Crippen MR) is 285 cm³/mol. The summed E-state index contributed by atoms with van der Waals surface area (Å²) in [6.07, 6.45) is 6.69. The second-order valence-electron chi connectivity index (χ2n) is 17.9. The van der Waals surface area contributed by atoms with Crippen LogP contribution < -0.4 is 36.2 Å². The first kappa shape index (κ1) is 66.3. The molecule has 2 atom stereocenters. The van der Waals surface area contributed by atoms with E-state index in [0.717, 1.165) is 34.5 Å². The Morgan fingerprint density at radius 1 is 1.00 bits per heavy atom. The van der Waals surface area contributed by atoms with E-state index in [0.29, 0.717) is 51.7 Å². The Hall–Kier alpha value is -3.69. The smallest absolute Gasteiger partial charge is 0.442 e. The van der Waals surface area contributed by atoms with Crippen molar-refractivity contribution < 1.29 is 42.9 Å². The van der Waals surface area contributed by atoms with Crippen LogP contribution in [-0.4, -0.2) is 122 Å². The summed E-state index contributed by atoms with van der Waals surface area (Å²) in [4.78, 5) is 65.9. The van der Waals surface area contributed by atoms with E-state index in [1.54, 1.807) is 18.1 Å². The highest BCUT2D eigenvalue weighted by Gasteiger charge is 2.26. The van der Waals surface area contributed by atoms with Gasteiger partial charge in [0.2, 0.25) is 29.0 Å². The third-order valence-corrected chi connectivity index (χ3v) is 9.59. The molecule has 396 valence electrons. The summed E-state index contributed by atoms with van der Waals surface area (Å²) in [6, 6.07) is 9.15. The molecule has 2 heterocycles. The van der Waals surface area contributed by atoms with Gasteiger partial charge in [-0.1, -0.05) is 69.1 Å². The van der Waals surface area contributed by atoms with Crippen molar-refractivity contribution in [3.8, 4) is 11.4 Å². The normalized spacial score (nSPS) is 12.3. The van der Waals surface area contributed by atoms with E-state index >= 15 is 0 Å². The number of aryl methyl sites for hydroxylation is 2. The molecule has 0 fully saturated rings. The summed E-state index contributed by atoms with van der Waals surface area (Å²) in [5.41, 5.74) is 3.09. The van der Waals surface area contributed by atoms with Gasteiger partial charge in [-0.05, 0) is 101 Å². The fourth-order valence-corrected chi connectivity index (χ4v) is 6.55. The van der Waals surface area contributed by atoms with E-state index in [1.807, 2.05) is 93.6 Å². The van der Waals surface area contributed by atoms with E-state index in [1.165, 1.54) is 6.07 Å². The zero-order valence-electron chi connectivity index (χ0n) is 43.0. The van der Waals surface area contributed by atoms with Gasteiger partial charge in [-0.25, -0.2) is 4.79 Å². The molecule has 0 saturated heterocycles. The first-order chi connectivity index (χ1) is 32.2. The maximum Gasteiger partial charge on any atom is 0.442 e. The number of halogens is 4. The lowest BCUT2D eigenvalue weighted by molar-refractivity contribution is -0.193. The molecule has 2 unspecified atom stereocenters. The van der Waals surface area contributed by atoms with E-state index in [2.05, 4.69) is 62.4 Å². The molecule has 5 N–H and O–H groups in total. The summed E-state index contributed by atoms with van der Waals surface area (Å²) in [7, 11) is -2.07. The molecule has 25 heteroatoms. The number of rotatable bonds is 16. The number of carboxylic acid groups (broad SMARTS) is 1. The number of methoxy groups -OCH3 is 1. The first-order valence-electron chi connectivity index (χ1n) is 21.8. The molecule has 0 radical (unpaired) electrons. The number of alkyl halides is 1. The SMILES string of the molecule is CC(C)Oc1cc(-n2nc(C(C)(C)C)oc2=O)c(Cl)cc1Cl.CCNc1nc(Cl)nc(NC(C)(C)C)n1.CCc1cccc(C)c1N(C(=O)CCl)C(C)COC.C[S+](C)C.O=C(O)CNCP(=O)([O-])O. The van der Waals surface area contributed by atoms with Gasteiger partial charge in [-0.3, -0.25) is 14.9 Å². The fourth-order valence-electron chi connectivity index (χ4n) is 5.36. The minimum Gasteiger partial charge on any atom is -0.778 e. The predicted octanol–water partition coefficient (Wildman–Crippen LogP) is 8.21. The quantitative estimate of drug-likeness (QED) is 0.0402. The molecule has 0 aliphatic carbocycles. The third kappa shape index (κ3) is 26.7. The number of amides is 1. The topological polar surface area (TPSA) is 259 Å². The van der Waals surface area contributed by atoms with Crippen molar-refractivity contribution in [1.29, 1.82) is 0 Å². The Bertz CT molecular complexity index is 2340. The van der Waals surface area contributed by atoms with Crippen molar-refractivity contribution in [2.24, 2.45) is 0 Å². The van der Waals surface area contributed by atoms with Crippen molar-refractivity contribution in [2.75, 3.05) is 73.3 Å². The molecule has 4 aromatic rings. The van der Waals surface area contributed by atoms with Crippen LogP contribution in [0.3, 0.4) is 0 Å². The number of aromatic nitrogens is 5. The number of hydrogen-bond donors (Lipinski definition) is 5. The van der Waals surface area contributed by atoms with Crippen LogP contribution in [0.15, 0.2) is 39.5 Å². The van der Waals surface area contributed by atoms with Gasteiger partial charge in [-0.2, -0.15) is 19.6 Å². The molecule has 0 bridgehead atoms. The van der Waals surface area contributed by atoms with E-state index in [-0.39, 0.29) is 45.2 Å². The molecule has 2 aromatic heterocycles. The zero-order chi connectivity index (χ0) is 54.3. The molecular weight excluding hydrogens is 1030 g/mol. The van der Waals surface area contributed by atoms with Gasteiger partial charge in [0.1, 0.15) is 19.2 Å². The molecule has 1 amide bonds. The number of carboxylic acids is 1. The lowest BCUT2D eigenvalue weighted by atomic mass is 9.97. The lowest BCUT2D eigenvalue weighted by Crippen LogP contribution is -2.43. The van der Waals surface area contributed by atoms with Gasteiger partial charge < -0.3 is 48.9 Å². The summed E-state index contributed by atoms with van der Waals surface area (Å²) in [6.45, 7) is 24.3. The van der Waals surface area contributed by atoms with Gasteiger partial charge in [0.15, 0.2) is 0 Å². The van der Waals surface area contributed by atoms with E-state index < -0.39 is 32.2 Å². The summed E-state index contributed by atoms with van der Waals surface area (Å²) in [5.74, 6) is -0.153. The van der Waals surface area contributed by atoms with Gasteiger partial charge >= 0.3 is 11.7 Å². The molecule has 19 nitrogen and oxygen atoms in total. The second-order valence-corrected chi connectivity index (χ2v) is 23.3. The molecular formula is C45H72Cl4N9O10PS. The first-order valence-corrected chi connectivity index (χ1v) is 27.7. The minimum absolute atomic E-state index is 0.0223. The second kappa shape index (κ2) is 31.7. The highest BCUT2D eigenvalue weighted by atomic mass is 35.5. The number of para-hydroxylation sites is 1. The number of benzene rings is 2. The summed E-state index contributed by atoms with van der Waals surface area (Å²) >= 11 is 23.8. The maximum absolute atomic E-state index is 12.2. The molecule has 0 aliphatic rings. The maximum atomic E-state index is 12.2. The van der Waals surface area contributed by atoms with Crippen LogP contribution in [-0.2, 0) is 41.6 Å². The Labute approximate surface area is 435 Å². The number of carbonyl (C=O) groups excluding carboxylic acids is 1. The molecule has 4 rings (SSSR count). The lowest BCUT2D eigenvalue weighted by Gasteiger charge is -2.31. The number of anilines is 3. The highest BCUT2D eigenvalue weighted by molar-refractivity contribution is 7.94.